The SMILES string of the molecule is CCCCC1CC(N(Cc2ccccc2)C(=O)c2ccccc2N)CCN1C(=O)O. The van der Waals surface area contributed by atoms with Crippen LogP contribution in [0, 0.1) is 0 Å². The number of carbonyl (C=O) groups is 2. The van der Waals surface area contributed by atoms with Gasteiger partial charge in [0.1, 0.15) is 0 Å². The molecule has 3 N–H and O–H groups in total. The molecular weight excluding hydrogens is 378 g/mol. The number of amides is 2. The Hall–Kier alpha value is -3.02. The van der Waals surface area contributed by atoms with Crippen molar-refractivity contribution in [3.05, 3.63) is 65.7 Å². The Labute approximate surface area is 178 Å². The van der Waals surface area contributed by atoms with Crippen molar-refractivity contribution in [2.45, 2.75) is 57.7 Å². The van der Waals surface area contributed by atoms with Crippen LogP contribution in [-0.4, -0.2) is 45.5 Å². The molecule has 1 saturated heterocycles. The summed E-state index contributed by atoms with van der Waals surface area (Å²) in [5.41, 5.74) is 8.11. The molecule has 2 amide bonds. The minimum absolute atomic E-state index is 0.0326. The van der Waals surface area contributed by atoms with Crippen LogP contribution in [0.4, 0.5) is 10.5 Å². The molecule has 0 bridgehead atoms. The number of rotatable bonds is 7. The molecule has 160 valence electrons. The molecule has 6 nitrogen and oxygen atoms in total. The van der Waals surface area contributed by atoms with E-state index in [4.69, 9.17) is 5.73 Å². The number of likely N-dealkylation sites (tertiary alicyclic amines) is 1. The van der Waals surface area contributed by atoms with E-state index < -0.39 is 6.09 Å². The lowest BCUT2D eigenvalue weighted by atomic mass is 9.91. The standard InChI is InChI=1S/C24H31N3O3/c1-2-3-11-19-16-20(14-15-26(19)24(29)30)27(17-18-9-5-4-6-10-18)23(28)21-12-7-8-13-22(21)25/h4-10,12-13,19-20H,2-3,11,14-17,25H2,1H3,(H,29,30). The first kappa shape index (κ1) is 21.7. The van der Waals surface area contributed by atoms with Gasteiger partial charge in [0.25, 0.3) is 5.91 Å². The van der Waals surface area contributed by atoms with Crippen molar-refractivity contribution in [1.29, 1.82) is 0 Å². The van der Waals surface area contributed by atoms with E-state index in [0.29, 0.717) is 37.2 Å². The number of nitrogens with zero attached hydrogens (tertiary/aromatic N) is 2. The van der Waals surface area contributed by atoms with E-state index in [1.165, 1.54) is 0 Å². The Balaban J connectivity index is 1.88. The van der Waals surface area contributed by atoms with Gasteiger partial charge in [-0.25, -0.2) is 4.79 Å². The average molecular weight is 410 g/mol. The van der Waals surface area contributed by atoms with Crippen LogP contribution in [0.5, 0.6) is 0 Å². The molecule has 2 aromatic rings. The van der Waals surface area contributed by atoms with E-state index in [1.807, 2.05) is 47.4 Å². The van der Waals surface area contributed by atoms with Gasteiger partial charge >= 0.3 is 6.09 Å². The molecular formula is C24H31N3O3. The maximum Gasteiger partial charge on any atom is 0.407 e. The third-order valence-electron chi connectivity index (χ3n) is 5.91. The number of nitrogen functional groups attached to an aromatic ring is 1. The van der Waals surface area contributed by atoms with Crippen molar-refractivity contribution in [1.82, 2.24) is 9.80 Å². The number of para-hydroxylation sites is 1. The van der Waals surface area contributed by atoms with Crippen LogP contribution in [0.2, 0.25) is 0 Å². The highest BCUT2D eigenvalue weighted by atomic mass is 16.4. The average Bonchev–Trinajstić information content (AvgIpc) is 2.76. The fourth-order valence-corrected chi connectivity index (χ4v) is 4.27. The van der Waals surface area contributed by atoms with Gasteiger partial charge in [0, 0.05) is 30.9 Å². The van der Waals surface area contributed by atoms with Crippen molar-refractivity contribution < 1.29 is 14.7 Å². The smallest absolute Gasteiger partial charge is 0.407 e. The van der Waals surface area contributed by atoms with E-state index in [2.05, 4.69) is 6.92 Å². The highest BCUT2D eigenvalue weighted by Crippen LogP contribution is 2.28. The van der Waals surface area contributed by atoms with Crippen molar-refractivity contribution in [2.75, 3.05) is 12.3 Å². The Bertz CT molecular complexity index is 856. The fraction of sp³-hybridized carbons (Fsp3) is 0.417. The molecule has 0 aromatic heterocycles. The topological polar surface area (TPSA) is 86.9 Å². The van der Waals surface area contributed by atoms with E-state index in [9.17, 15) is 14.7 Å². The summed E-state index contributed by atoms with van der Waals surface area (Å²) < 4.78 is 0. The zero-order chi connectivity index (χ0) is 21.5. The largest absolute Gasteiger partial charge is 0.465 e. The van der Waals surface area contributed by atoms with E-state index >= 15 is 0 Å². The van der Waals surface area contributed by atoms with E-state index in [0.717, 1.165) is 24.8 Å². The maximum atomic E-state index is 13.5. The monoisotopic (exact) mass is 409 g/mol. The molecule has 3 rings (SSSR count). The van der Waals surface area contributed by atoms with Crippen LogP contribution >= 0.6 is 0 Å². The normalized spacial score (nSPS) is 18.8. The second-order valence-corrected chi connectivity index (χ2v) is 7.96. The molecule has 1 heterocycles. The van der Waals surface area contributed by atoms with Crippen molar-refractivity contribution in [2.24, 2.45) is 0 Å². The number of hydrogen-bond acceptors (Lipinski definition) is 3. The molecule has 1 aliphatic heterocycles. The first-order valence-corrected chi connectivity index (χ1v) is 10.7. The number of benzene rings is 2. The van der Waals surface area contributed by atoms with Gasteiger partial charge in [-0.2, -0.15) is 0 Å². The molecule has 2 unspecified atom stereocenters. The maximum absolute atomic E-state index is 13.5. The Morgan fingerprint density at radius 3 is 2.50 bits per heavy atom. The number of anilines is 1. The first-order valence-electron chi connectivity index (χ1n) is 10.7. The molecule has 0 spiro atoms. The summed E-state index contributed by atoms with van der Waals surface area (Å²) in [5, 5.41) is 9.62. The number of nitrogens with two attached hydrogens (primary N) is 1. The summed E-state index contributed by atoms with van der Waals surface area (Å²) in [6, 6.07) is 16.9. The summed E-state index contributed by atoms with van der Waals surface area (Å²) in [6.45, 7) is 3.03. The number of piperidine rings is 1. The highest BCUT2D eigenvalue weighted by molar-refractivity contribution is 5.99. The quantitative estimate of drug-likeness (QED) is 0.654. The van der Waals surface area contributed by atoms with Crippen LogP contribution in [-0.2, 0) is 6.54 Å². The molecule has 0 aliphatic carbocycles. The highest BCUT2D eigenvalue weighted by Gasteiger charge is 2.36. The lowest BCUT2D eigenvalue weighted by Crippen LogP contribution is -2.52. The molecule has 30 heavy (non-hydrogen) atoms. The van der Waals surface area contributed by atoms with Gasteiger partial charge < -0.3 is 20.6 Å². The summed E-state index contributed by atoms with van der Waals surface area (Å²) in [4.78, 5) is 28.7. The van der Waals surface area contributed by atoms with Gasteiger partial charge in [-0.3, -0.25) is 4.79 Å². The number of hydrogen-bond donors (Lipinski definition) is 2. The van der Waals surface area contributed by atoms with Crippen LogP contribution in [0.3, 0.4) is 0 Å². The molecule has 6 heteroatoms. The number of unbranched alkanes of at least 4 members (excludes halogenated alkanes) is 1. The van der Waals surface area contributed by atoms with Gasteiger partial charge in [0.2, 0.25) is 0 Å². The van der Waals surface area contributed by atoms with Crippen LogP contribution < -0.4 is 5.73 Å². The summed E-state index contributed by atoms with van der Waals surface area (Å²) in [7, 11) is 0. The summed E-state index contributed by atoms with van der Waals surface area (Å²) in [5.74, 6) is -0.0973. The molecule has 1 aliphatic rings. The van der Waals surface area contributed by atoms with Crippen molar-refractivity contribution in [3.63, 3.8) is 0 Å². The van der Waals surface area contributed by atoms with Crippen LogP contribution in [0.25, 0.3) is 0 Å². The third-order valence-corrected chi connectivity index (χ3v) is 5.91. The van der Waals surface area contributed by atoms with Gasteiger partial charge in [0.05, 0.1) is 5.56 Å². The molecule has 2 aromatic carbocycles. The van der Waals surface area contributed by atoms with E-state index in [-0.39, 0.29) is 18.0 Å². The predicted molar refractivity (Wildman–Crippen MR) is 118 cm³/mol. The van der Waals surface area contributed by atoms with Crippen LogP contribution in [0.1, 0.15) is 54.9 Å². The minimum atomic E-state index is -0.872. The Kier molecular flexibility index (Phi) is 7.33. The fourth-order valence-electron chi connectivity index (χ4n) is 4.27. The first-order chi connectivity index (χ1) is 14.5. The van der Waals surface area contributed by atoms with Crippen molar-refractivity contribution >= 4 is 17.7 Å². The lowest BCUT2D eigenvalue weighted by Gasteiger charge is -2.42. The second kappa shape index (κ2) is 10.1. The Morgan fingerprint density at radius 2 is 1.83 bits per heavy atom. The van der Waals surface area contributed by atoms with Crippen LogP contribution in [0.15, 0.2) is 54.6 Å². The van der Waals surface area contributed by atoms with Crippen molar-refractivity contribution in [3.8, 4) is 0 Å². The number of carbonyl (C=O) groups excluding carboxylic acids is 1. The zero-order valence-electron chi connectivity index (χ0n) is 17.5. The van der Waals surface area contributed by atoms with Gasteiger partial charge in [-0.15, -0.1) is 0 Å². The molecule has 0 radical (unpaired) electrons. The zero-order valence-corrected chi connectivity index (χ0v) is 17.5. The molecule has 1 fully saturated rings. The predicted octanol–water partition coefficient (Wildman–Crippen LogP) is 4.61. The summed E-state index contributed by atoms with van der Waals surface area (Å²) in [6.07, 6.45) is 3.21. The van der Waals surface area contributed by atoms with Gasteiger partial charge in [-0.05, 0) is 37.0 Å². The summed E-state index contributed by atoms with van der Waals surface area (Å²) >= 11 is 0. The molecule has 2 atom stereocenters. The minimum Gasteiger partial charge on any atom is -0.465 e. The van der Waals surface area contributed by atoms with Gasteiger partial charge in [0.15, 0.2) is 0 Å². The second-order valence-electron chi connectivity index (χ2n) is 7.96. The molecule has 0 saturated carbocycles. The Morgan fingerprint density at radius 1 is 1.13 bits per heavy atom. The lowest BCUT2D eigenvalue weighted by molar-refractivity contribution is 0.0418. The van der Waals surface area contributed by atoms with Gasteiger partial charge in [-0.1, -0.05) is 62.2 Å². The van der Waals surface area contributed by atoms with E-state index in [1.54, 1.807) is 17.0 Å². The number of carboxylic acid groups (broad SMARTS) is 1. The third kappa shape index (κ3) is 5.12.